The van der Waals surface area contributed by atoms with Crippen LogP contribution in [-0.4, -0.2) is 40.6 Å². The number of para-hydroxylation sites is 1. The molecule has 3 aromatic heterocycles. The fraction of sp³-hybridized carbons (Fsp3) is 0.296. The zero-order valence-electron chi connectivity index (χ0n) is 19.6. The summed E-state index contributed by atoms with van der Waals surface area (Å²) in [5.41, 5.74) is 5.21. The van der Waals surface area contributed by atoms with Crippen LogP contribution in [0.25, 0.3) is 22.3 Å². The van der Waals surface area contributed by atoms with Gasteiger partial charge >= 0.3 is 0 Å². The van der Waals surface area contributed by atoms with Crippen LogP contribution < -0.4 is 20.1 Å². The molecule has 4 heterocycles. The third kappa shape index (κ3) is 3.45. The second-order valence-electron chi connectivity index (χ2n) is 9.66. The molecule has 2 fully saturated rings. The Labute approximate surface area is 206 Å². The summed E-state index contributed by atoms with van der Waals surface area (Å²) in [4.78, 5) is 25.9. The number of hydrogen-bond acceptors (Lipinski definition) is 6. The molecule has 3 aliphatic rings. The number of anilines is 2. The van der Waals surface area contributed by atoms with Crippen molar-refractivity contribution in [2.75, 3.05) is 19.0 Å². The summed E-state index contributed by atoms with van der Waals surface area (Å²) in [6.07, 6.45) is 4.99. The molecule has 1 aliphatic heterocycles. The van der Waals surface area contributed by atoms with Crippen LogP contribution in [0.2, 0.25) is 0 Å². The average molecular weight is 486 g/mol. The number of methoxy groups -OCH3 is 1. The molecule has 1 amide bonds. The molecule has 8 nitrogen and oxygen atoms in total. The van der Waals surface area contributed by atoms with Gasteiger partial charge in [-0.1, -0.05) is 6.07 Å². The van der Waals surface area contributed by atoms with E-state index in [9.17, 15) is 9.18 Å². The summed E-state index contributed by atoms with van der Waals surface area (Å²) in [5.74, 6) is 0.791. The predicted molar refractivity (Wildman–Crippen MR) is 132 cm³/mol. The van der Waals surface area contributed by atoms with Gasteiger partial charge in [0.2, 0.25) is 5.88 Å². The summed E-state index contributed by atoms with van der Waals surface area (Å²) >= 11 is 0. The first-order valence-corrected chi connectivity index (χ1v) is 12.2. The maximum absolute atomic E-state index is 14.5. The zero-order valence-corrected chi connectivity index (χ0v) is 19.6. The number of aromatic amines is 1. The van der Waals surface area contributed by atoms with Gasteiger partial charge in [-0.2, -0.15) is 0 Å². The first kappa shape index (κ1) is 21.2. The van der Waals surface area contributed by atoms with Gasteiger partial charge in [-0.15, -0.1) is 0 Å². The highest BCUT2D eigenvalue weighted by molar-refractivity contribution is 6.09. The van der Waals surface area contributed by atoms with E-state index in [-0.39, 0.29) is 23.6 Å². The fourth-order valence-electron chi connectivity index (χ4n) is 5.00. The number of H-pyrrole nitrogens is 1. The standard InChI is InChI=1S/C27H24FN5O3/c1-35-26-16(28)3-2-4-18(26)30-25-21-23(15-11-19(15)31-27(21)34)33-24(25)14-9-10-29-17-7-8-20(32-22(14)17)36-12-13-5-6-13/h2-4,7-10,13,15,19,30,33H,5-6,11-12H2,1H3,(H,31,34)/t15-,19+/m1/s1. The van der Waals surface area contributed by atoms with E-state index in [1.807, 2.05) is 18.2 Å². The second-order valence-corrected chi connectivity index (χ2v) is 9.66. The molecule has 4 aromatic rings. The van der Waals surface area contributed by atoms with Crippen LogP contribution >= 0.6 is 0 Å². The number of amides is 1. The third-order valence-corrected chi connectivity index (χ3v) is 7.16. The van der Waals surface area contributed by atoms with Crippen LogP contribution in [0.5, 0.6) is 11.6 Å². The van der Waals surface area contributed by atoms with Gasteiger partial charge < -0.3 is 25.1 Å². The molecule has 1 aromatic carbocycles. The molecule has 182 valence electrons. The lowest BCUT2D eigenvalue weighted by Gasteiger charge is -2.16. The summed E-state index contributed by atoms with van der Waals surface area (Å²) in [6, 6.07) is 10.4. The highest BCUT2D eigenvalue weighted by Crippen LogP contribution is 2.50. The highest BCUT2D eigenvalue weighted by Gasteiger charge is 2.48. The molecule has 2 aliphatic carbocycles. The molecule has 0 bridgehead atoms. The lowest BCUT2D eigenvalue weighted by Crippen LogP contribution is -2.31. The van der Waals surface area contributed by atoms with Crippen LogP contribution in [0.4, 0.5) is 15.8 Å². The minimum atomic E-state index is -0.492. The van der Waals surface area contributed by atoms with E-state index in [4.69, 9.17) is 14.5 Å². The van der Waals surface area contributed by atoms with Crippen molar-refractivity contribution in [3.8, 4) is 22.9 Å². The normalized spacial score (nSPS) is 19.9. The Morgan fingerprint density at radius 1 is 1.19 bits per heavy atom. The van der Waals surface area contributed by atoms with E-state index < -0.39 is 5.82 Å². The van der Waals surface area contributed by atoms with Crippen molar-refractivity contribution < 1.29 is 18.7 Å². The molecule has 2 atom stereocenters. The number of hydrogen-bond donors (Lipinski definition) is 3. The first-order valence-electron chi connectivity index (χ1n) is 12.2. The lowest BCUT2D eigenvalue weighted by molar-refractivity contribution is 0.0944. The van der Waals surface area contributed by atoms with Crippen molar-refractivity contribution >= 4 is 28.3 Å². The topological polar surface area (TPSA) is 101 Å². The maximum Gasteiger partial charge on any atom is 0.255 e. The Morgan fingerprint density at radius 3 is 2.92 bits per heavy atom. The molecule has 0 saturated heterocycles. The largest absolute Gasteiger partial charge is 0.492 e. The average Bonchev–Trinajstić information content (AvgIpc) is 3.81. The molecule has 9 heteroatoms. The van der Waals surface area contributed by atoms with Gasteiger partial charge in [0.1, 0.15) is 5.52 Å². The molecule has 3 N–H and O–H groups in total. The number of benzene rings is 1. The number of rotatable bonds is 7. The summed E-state index contributed by atoms with van der Waals surface area (Å²) in [5, 5.41) is 6.37. The third-order valence-electron chi connectivity index (χ3n) is 7.16. The predicted octanol–water partition coefficient (Wildman–Crippen LogP) is 4.90. The van der Waals surface area contributed by atoms with Crippen molar-refractivity contribution in [2.45, 2.75) is 31.2 Å². The van der Waals surface area contributed by atoms with Gasteiger partial charge in [0.05, 0.1) is 41.9 Å². The Kier molecular flexibility index (Phi) is 4.67. The lowest BCUT2D eigenvalue weighted by atomic mass is 10.0. The number of nitrogens with one attached hydrogen (secondary N) is 3. The van der Waals surface area contributed by atoms with Gasteiger partial charge in [0.15, 0.2) is 11.6 Å². The molecular weight excluding hydrogens is 461 g/mol. The molecule has 0 radical (unpaired) electrons. The monoisotopic (exact) mass is 485 g/mol. The van der Waals surface area contributed by atoms with Crippen LogP contribution in [0.1, 0.15) is 41.2 Å². The van der Waals surface area contributed by atoms with Crippen molar-refractivity contribution in [1.82, 2.24) is 20.3 Å². The second kappa shape index (κ2) is 7.94. The van der Waals surface area contributed by atoms with Crippen LogP contribution in [-0.2, 0) is 0 Å². The molecule has 0 unspecified atom stereocenters. The number of carbonyl (C=O) groups is 1. The van der Waals surface area contributed by atoms with Crippen molar-refractivity contribution in [1.29, 1.82) is 0 Å². The molecule has 7 rings (SSSR count). The minimum Gasteiger partial charge on any atom is -0.492 e. The SMILES string of the molecule is COc1c(F)cccc1Nc1c(-c2ccnc3ccc(OCC4CC4)nc23)[nH]c2c1C(=O)N[C@H]1C[C@@H]21. The number of nitrogens with zero attached hydrogens (tertiary/aromatic N) is 2. The molecule has 0 spiro atoms. The number of ether oxygens (including phenoxy) is 2. The van der Waals surface area contributed by atoms with Crippen LogP contribution in [0.3, 0.4) is 0 Å². The van der Waals surface area contributed by atoms with E-state index in [1.165, 1.54) is 26.0 Å². The number of aromatic nitrogens is 3. The van der Waals surface area contributed by atoms with Gasteiger partial charge in [-0.3, -0.25) is 9.78 Å². The molecular formula is C27H24FN5O3. The van der Waals surface area contributed by atoms with Crippen LogP contribution in [0.15, 0.2) is 42.6 Å². The maximum atomic E-state index is 14.5. The quantitative estimate of drug-likeness (QED) is 0.344. The Balaban J connectivity index is 1.40. The zero-order chi connectivity index (χ0) is 24.4. The van der Waals surface area contributed by atoms with Crippen molar-refractivity contribution in [3.63, 3.8) is 0 Å². The van der Waals surface area contributed by atoms with E-state index >= 15 is 0 Å². The smallest absolute Gasteiger partial charge is 0.255 e. The number of pyridine rings is 2. The highest BCUT2D eigenvalue weighted by atomic mass is 19.1. The minimum absolute atomic E-state index is 0.0763. The van der Waals surface area contributed by atoms with Crippen LogP contribution in [0, 0.1) is 11.7 Å². The van der Waals surface area contributed by atoms with E-state index in [1.54, 1.807) is 18.3 Å². The molecule has 2 saturated carbocycles. The van der Waals surface area contributed by atoms with E-state index in [0.29, 0.717) is 52.1 Å². The van der Waals surface area contributed by atoms with Crippen molar-refractivity contribution in [2.24, 2.45) is 5.92 Å². The van der Waals surface area contributed by atoms with Gasteiger partial charge in [0, 0.05) is 35.5 Å². The number of fused-ring (bicyclic) bond motifs is 4. The first-order chi connectivity index (χ1) is 17.6. The number of halogens is 1. The summed E-state index contributed by atoms with van der Waals surface area (Å²) in [6.45, 7) is 0.653. The summed E-state index contributed by atoms with van der Waals surface area (Å²) < 4.78 is 25.7. The number of carbonyl (C=O) groups excluding carboxylic acids is 1. The van der Waals surface area contributed by atoms with Gasteiger partial charge in [-0.05, 0) is 49.4 Å². The Bertz CT molecular complexity index is 1530. The van der Waals surface area contributed by atoms with E-state index in [0.717, 1.165) is 17.7 Å². The Hall–Kier alpha value is -4.14. The van der Waals surface area contributed by atoms with Gasteiger partial charge in [-0.25, -0.2) is 9.37 Å². The molecule has 36 heavy (non-hydrogen) atoms. The fourth-order valence-corrected chi connectivity index (χ4v) is 5.00. The Morgan fingerprint density at radius 2 is 2.08 bits per heavy atom. The van der Waals surface area contributed by atoms with Gasteiger partial charge in [0.25, 0.3) is 5.91 Å². The van der Waals surface area contributed by atoms with E-state index in [2.05, 4.69) is 20.6 Å². The van der Waals surface area contributed by atoms with Crippen molar-refractivity contribution in [3.05, 3.63) is 59.7 Å². The summed E-state index contributed by atoms with van der Waals surface area (Å²) in [7, 11) is 1.42.